The summed E-state index contributed by atoms with van der Waals surface area (Å²) < 4.78 is 0. The van der Waals surface area contributed by atoms with Crippen molar-refractivity contribution >= 4 is 51.8 Å². The number of hydrogen-bond donors (Lipinski definition) is 2. The maximum Gasteiger partial charge on any atom is 0.284 e. The van der Waals surface area contributed by atoms with E-state index in [1.165, 1.54) is 11.3 Å². The highest BCUT2D eigenvalue weighted by molar-refractivity contribution is 7.13. The van der Waals surface area contributed by atoms with Gasteiger partial charge in [0.05, 0.1) is 11.2 Å². The summed E-state index contributed by atoms with van der Waals surface area (Å²) >= 11 is 1.32. The molecule has 0 aliphatic heterocycles. The average molecular weight is 465 g/mol. The fraction of sp³-hybridized carbons (Fsp3) is 0.0370. The number of ketones is 1. The Hall–Kier alpha value is -4.36. The summed E-state index contributed by atoms with van der Waals surface area (Å²) in [4.78, 5) is 30.6. The number of carbonyl (C=O) groups excluding carboxylic acids is 2. The topological polar surface area (TPSA) is 87.7 Å². The Labute approximate surface area is 200 Å². The summed E-state index contributed by atoms with van der Waals surface area (Å²) in [6.07, 6.45) is 5.61. The summed E-state index contributed by atoms with van der Waals surface area (Å²) in [5, 5.41) is 11.5. The second-order valence-corrected chi connectivity index (χ2v) is 8.99. The van der Waals surface area contributed by atoms with Crippen LogP contribution in [0.3, 0.4) is 0 Å². The number of thiazole rings is 1. The van der Waals surface area contributed by atoms with Gasteiger partial charge in [0.15, 0.2) is 10.8 Å². The molecule has 34 heavy (non-hydrogen) atoms. The van der Waals surface area contributed by atoms with Crippen molar-refractivity contribution in [3.8, 4) is 0 Å². The van der Waals surface area contributed by atoms with Gasteiger partial charge in [0, 0.05) is 33.3 Å². The van der Waals surface area contributed by atoms with E-state index in [0.29, 0.717) is 21.8 Å². The Balaban J connectivity index is 1.36. The number of benzene rings is 3. The molecule has 0 bridgehead atoms. The first kappa shape index (κ1) is 21.5. The van der Waals surface area contributed by atoms with Gasteiger partial charge in [0.2, 0.25) is 0 Å². The van der Waals surface area contributed by atoms with Crippen LogP contribution < -0.4 is 5.32 Å². The highest BCUT2D eigenvalue weighted by Crippen LogP contribution is 2.23. The third-order valence-electron chi connectivity index (χ3n) is 5.29. The predicted molar refractivity (Wildman–Crippen MR) is 136 cm³/mol. The molecule has 0 unspecified atom stereocenters. The van der Waals surface area contributed by atoms with Gasteiger partial charge < -0.3 is 5.32 Å². The molecule has 2 aromatic heterocycles. The van der Waals surface area contributed by atoms with Crippen molar-refractivity contribution in [3.05, 3.63) is 111 Å². The number of nitrogens with one attached hydrogen (secondary N) is 2. The number of hydrogen-bond acceptors (Lipinski definition) is 5. The van der Waals surface area contributed by atoms with Crippen LogP contribution in [0.25, 0.3) is 23.1 Å². The van der Waals surface area contributed by atoms with Gasteiger partial charge in [-0.25, -0.2) is 4.98 Å². The van der Waals surface area contributed by atoms with Gasteiger partial charge >= 0.3 is 0 Å². The number of amides is 1. The number of carbonyl (C=O) groups is 2. The van der Waals surface area contributed by atoms with E-state index in [4.69, 9.17) is 0 Å². The van der Waals surface area contributed by atoms with Gasteiger partial charge in [-0.05, 0) is 42.8 Å². The predicted octanol–water partition coefficient (Wildman–Crippen LogP) is 5.98. The van der Waals surface area contributed by atoms with Crippen LogP contribution in [0.4, 0.5) is 5.69 Å². The van der Waals surface area contributed by atoms with Crippen LogP contribution in [-0.4, -0.2) is 26.9 Å². The molecule has 0 saturated heterocycles. The highest BCUT2D eigenvalue weighted by Gasteiger charge is 2.14. The highest BCUT2D eigenvalue weighted by atomic mass is 32.1. The molecule has 0 radical (unpaired) electrons. The van der Waals surface area contributed by atoms with Gasteiger partial charge in [-0.15, -0.1) is 11.3 Å². The molecule has 7 heteroatoms. The van der Waals surface area contributed by atoms with Crippen molar-refractivity contribution in [1.82, 2.24) is 15.2 Å². The van der Waals surface area contributed by atoms with Crippen LogP contribution >= 0.6 is 11.3 Å². The largest absolute Gasteiger partial charge is 0.320 e. The molecule has 0 spiro atoms. The molecule has 166 valence electrons. The normalized spacial score (nSPS) is 11.2. The molecular weight excluding hydrogens is 444 g/mol. The van der Waals surface area contributed by atoms with Gasteiger partial charge in [-0.1, -0.05) is 54.6 Å². The zero-order chi connectivity index (χ0) is 23.5. The zero-order valence-electron chi connectivity index (χ0n) is 18.3. The maximum absolute atomic E-state index is 13.1. The van der Waals surface area contributed by atoms with E-state index in [-0.39, 0.29) is 11.7 Å². The molecule has 2 heterocycles. The van der Waals surface area contributed by atoms with E-state index in [2.05, 4.69) is 20.5 Å². The summed E-state index contributed by atoms with van der Waals surface area (Å²) in [6, 6.07) is 22.4. The molecule has 6 nitrogen and oxygen atoms in total. The molecule has 5 rings (SSSR count). The minimum Gasteiger partial charge on any atom is -0.320 e. The van der Waals surface area contributed by atoms with E-state index in [1.807, 2.05) is 55.5 Å². The third-order valence-corrected chi connectivity index (χ3v) is 6.20. The van der Waals surface area contributed by atoms with Crippen molar-refractivity contribution in [1.29, 1.82) is 0 Å². The number of rotatable bonds is 6. The lowest BCUT2D eigenvalue weighted by Crippen LogP contribution is -2.12. The number of aryl methyl sites for hydroxylation is 1. The molecule has 2 N–H and O–H groups in total. The first-order chi connectivity index (χ1) is 16.6. The lowest BCUT2D eigenvalue weighted by Gasteiger charge is -2.06. The SMILES string of the molecule is Cc1cnc(C(=O)Nc2cccc(C(=O)c3ccc4c(C=Cc5ccccc5)n[nH]c4c3)c2)s1. The molecular formula is C27H20N4O2S. The monoisotopic (exact) mass is 464 g/mol. The van der Waals surface area contributed by atoms with Gasteiger partial charge in [-0.3, -0.25) is 14.7 Å². The van der Waals surface area contributed by atoms with Crippen LogP contribution in [0.1, 0.15) is 41.9 Å². The third kappa shape index (κ3) is 4.55. The Kier molecular flexibility index (Phi) is 5.84. The summed E-state index contributed by atoms with van der Waals surface area (Å²) in [5.41, 5.74) is 4.23. The summed E-state index contributed by atoms with van der Waals surface area (Å²) in [5.74, 6) is -0.434. The fourth-order valence-electron chi connectivity index (χ4n) is 3.60. The average Bonchev–Trinajstić information content (AvgIpc) is 3.49. The first-order valence-corrected chi connectivity index (χ1v) is 11.5. The Morgan fingerprint density at radius 3 is 2.56 bits per heavy atom. The van der Waals surface area contributed by atoms with E-state index in [1.54, 1.807) is 42.6 Å². The van der Waals surface area contributed by atoms with Crippen molar-refractivity contribution in [3.63, 3.8) is 0 Å². The van der Waals surface area contributed by atoms with Crippen LogP contribution in [0.2, 0.25) is 0 Å². The molecule has 0 fully saturated rings. The van der Waals surface area contributed by atoms with E-state index in [0.717, 1.165) is 27.0 Å². The number of aromatic nitrogens is 3. The van der Waals surface area contributed by atoms with Crippen molar-refractivity contribution in [2.45, 2.75) is 6.92 Å². The second-order valence-electron chi connectivity index (χ2n) is 7.75. The van der Waals surface area contributed by atoms with Crippen molar-refractivity contribution in [2.75, 3.05) is 5.32 Å². The standard InChI is InChI=1S/C27H20N4O2S/c1-17-16-28-27(34-17)26(33)29-21-9-5-8-19(14-21)25(32)20-11-12-22-23(30-31-24(22)15-20)13-10-18-6-3-2-4-7-18/h2-16H,1H3,(H,29,33)(H,30,31). The van der Waals surface area contributed by atoms with E-state index < -0.39 is 0 Å². The maximum atomic E-state index is 13.1. The number of nitrogens with zero attached hydrogens (tertiary/aromatic N) is 2. The number of aromatic amines is 1. The van der Waals surface area contributed by atoms with E-state index >= 15 is 0 Å². The molecule has 0 aliphatic carbocycles. The van der Waals surface area contributed by atoms with Gasteiger partial charge in [-0.2, -0.15) is 5.10 Å². The fourth-order valence-corrected chi connectivity index (χ4v) is 4.26. The lowest BCUT2D eigenvalue weighted by atomic mass is 10.0. The van der Waals surface area contributed by atoms with Gasteiger partial charge in [0.1, 0.15) is 0 Å². The molecule has 0 atom stereocenters. The summed E-state index contributed by atoms with van der Waals surface area (Å²) in [6.45, 7) is 1.90. The minimum absolute atomic E-state index is 0.140. The Bertz CT molecular complexity index is 1530. The molecule has 5 aromatic rings. The second kappa shape index (κ2) is 9.25. The van der Waals surface area contributed by atoms with Gasteiger partial charge in [0.25, 0.3) is 5.91 Å². The molecule has 3 aromatic carbocycles. The lowest BCUT2D eigenvalue weighted by molar-refractivity contribution is 0.102. The van der Waals surface area contributed by atoms with E-state index in [9.17, 15) is 9.59 Å². The van der Waals surface area contributed by atoms with Crippen LogP contribution in [0.15, 0.2) is 79.0 Å². The zero-order valence-corrected chi connectivity index (χ0v) is 19.1. The molecule has 0 saturated carbocycles. The van der Waals surface area contributed by atoms with Crippen LogP contribution in [0.5, 0.6) is 0 Å². The summed E-state index contributed by atoms with van der Waals surface area (Å²) in [7, 11) is 0. The van der Waals surface area contributed by atoms with Crippen molar-refractivity contribution in [2.24, 2.45) is 0 Å². The Morgan fingerprint density at radius 1 is 0.941 bits per heavy atom. The minimum atomic E-state index is -0.294. The van der Waals surface area contributed by atoms with Crippen LogP contribution in [0, 0.1) is 6.92 Å². The van der Waals surface area contributed by atoms with Crippen molar-refractivity contribution < 1.29 is 9.59 Å². The first-order valence-electron chi connectivity index (χ1n) is 10.7. The quantitative estimate of drug-likeness (QED) is 0.303. The number of anilines is 1. The van der Waals surface area contributed by atoms with Crippen LogP contribution in [-0.2, 0) is 0 Å². The number of H-pyrrole nitrogens is 1. The number of fused-ring (bicyclic) bond motifs is 1. The Morgan fingerprint density at radius 2 is 1.76 bits per heavy atom. The molecule has 0 aliphatic rings. The molecule has 1 amide bonds. The smallest absolute Gasteiger partial charge is 0.284 e.